The summed E-state index contributed by atoms with van der Waals surface area (Å²) in [6.07, 6.45) is 1.66. The summed E-state index contributed by atoms with van der Waals surface area (Å²) in [4.78, 5) is 30.2. The second-order valence-corrected chi connectivity index (χ2v) is 11.6. The maximum absolute atomic E-state index is 13.0. The molecule has 3 heterocycles. The number of hydrogen-bond donors (Lipinski definition) is 0. The van der Waals surface area contributed by atoms with Crippen LogP contribution < -0.4 is 0 Å². The second kappa shape index (κ2) is 13.1. The lowest BCUT2D eigenvalue weighted by atomic mass is 10.1. The number of aromatic nitrogens is 4. The molecule has 0 aliphatic carbocycles. The summed E-state index contributed by atoms with van der Waals surface area (Å²) in [5.74, 6) is 0.151. The lowest BCUT2D eigenvalue weighted by molar-refractivity contribution is -0.0441. The third kappa shape index (κ3) is 6.83. The predicted molar refractivity (Wildman–Crippen MR) is 161 cm³/mol. The van der Waals surface area contributed by atoms with Gasteiger partial charge in [-0.2, -0.15) is 0 Å². The molecule has 5 aromatic rings. The summed E-state index contributed by atoms with van der Waals surface area (Å²) < 4.78 is 19.6. The van der Waals surface area contributed by atoms with Crippen molar-refractivity contribution in [3.05, 3.63) is 124 Å². The van der Waals surface area contributed by atoms with Gasteiger partial charge in [-0.25, -0.2) is 14.6 Å². The quantitative estimate of drug-likeness (QED) is 0.130. The van der Waals surface area contributed by atoms with Gasteiger partial charge in [0.15, 0.2) is 11.5 Å². The lowest BCUT2D eigenvalue weighted by Crippen LogP contribution is -2.32. The fraction of sp³-hybridized carbons (Fsp3) is 0.194. The van der Waals surface area contributed by atoms with E-state index in [1.165, 1.54) is 0 Å². The predicted octanol–water partition coefficient (Wildman–Crippen LogP) is 6.64. The number of thioether (sulfide) groups is 1. The molecule has 1 unspecified atom stereocenters. The van der Waals surface area contributed by atoms with Crippen LogP contribution in [0.5, 0.6) is 0 Å². The Balaban J connectivity index is 1.21. The van der Waals surface area contributed by atoms with Crippen LogP contribution in [0, 0.1) is 0 Å². The van der Waals surface area contributed by atoms with Gasteiger partial charge < -0.3 is 14.2 Å². The number of hydrogen-bond acceptors (Lipinski definition) is 9. The number of carbonyl (C=O) groups is 2. The van der Waals surface area contributed by atoms with Crippen LogP contribution in [-0.4, -0.2) is 50.3 Å². The summed E-state index contributed by atoms with van der Waals surface area (Å²) in [7, 11) is 0. The standard InChI is InChI=1S/C31H24Cl2N4O5S/c32-22-10-6-20(7-11-22)30(38)40-17-26-24(42-31(39)21-8-12-23(33)13-9-21)16-25(41-26)27-35-36-28-29(34-14-15-37(27)28)43-18-19-4-2-1-3-5-19/h1-15,24-26H,16-18H2/t24?,25-,26-/m1/s1. The van der Waals surface area contributed by atoms with Crippen LogP contribution in [0.1, 0.15) is 44.6 Å². The highest BCUT2D eigenvalue weighted by Crippen LogP contribution is 2.36. The molecule has 0 amide bonds. The average molecular weight is 636 g/mol. The van der Waals surface area contributed by atoms with E-state index in [2.05, 4.69) is 27.3 Å². The van der Waals surface area contributed by atoms with Crippen molar-refractivity contribution < 1.29 is 23.8 Å². The van der Waals surface area contributed by atoms with Gasteiger partial charge in [-0.3, -0.25) is 4.40 Å². The molecule has 0 spiro atoms. The molecule has 1 fully saturated rings. The smallest absolute Gasteiger partial charge is 0.338 e. The van der Waals surface area contributed by atoms with Crippen molar-refractivity contribution >= 4 is 52.5 Å². The molecule has 0 saturated carbocycles. The maximum atomic E-state index is 13.0. The van der Waals surface area contributed by atoms with Gasteiger partial charge in [-0.05, 0) is 54.1 Å². The minimum Gasteiger partial charge on any atom is -0.459 e. The van der Waals surface area contributed by atoms with E-state index in [0.29, 0.717) is 32.6 Å². The maximum Gasteiger partial charge on any atom is 0.338 e. The van der Waals surface area contributed by atoms with Crippen molar-refractivity contribution in [3.63, 3.8) is 0 Å². The Hall–Kier alpha value is -3.96. The molecular formula is C31H24Cl2N4O5S. The number of halogens is 2. The van der Waals surface area contributed by atoms with Crippen molar-refractivity contribution in [2.75, 3.05) is 6.61 Å². The van der Waals surface area contributed by atoms with E-state index in [-0.39, 0.29) is 13.0 Å². The van der Waals surface area contributed by atoms with Gasteiger partial charge in [0, 0.05) is 34.6 Å². The number of fused-ring (bicyclic) bond motifs is 1. The molecule has 43 heavy (non-hydrogen) atoms. The molecule has 1 aliphatic rings. The highest BCUT2D eigenvalue weighted by atomic mass is 35.5. The van der Waals surface area contributed by atoms with Crippen molar-refractivity contribution in [2.45, 2.75) is 35.5 Å². The molecule has 3 aromatic carbocycles. The van der Waals surface area contributed by atoms with E-state index < -0.39 is 30.3 Å². The van der Waals surface area contributed by atoms with Crippen molar-refractivity contribution in [2.24, 2.45) is 0 Å². The Morgan fingerprint density at radius 3 is 2.28 bits per heavy atom. The number of nitrogens with zero attached hydrogens (tertiary/aromatic N) is 4. The molecule has 3 atom stereocenters. The molecular weight excluding hydrogens is 611 g/mol. The Morgan fingerprint density at radius 2 is 1.58 bits per heavy atom. The Labute approximate surface area is 261 Å². The summed E-state index contributed by atoms with van der Waals surface area (Å²) in [5.41, 5.74) is 2.43. The summed E-state index contributed by atoms with van der Waals surface area (Å²) in [5, 5.41) is 10.5. The number of ether oxygens (including phenoxy) is 3. The monoisotopic (exact) mass is 634 g/mol. The fourth-order valence-electron chi connectivity index (χ4n) is 4.64. The molecule has 0 bridgehead atoms. The van der Waals surface area contributed by atoms with Gasteiger partial charge >= 0.3 is 11.9 Å². The lowest BCUT2D eigenvalue weighted by Gasteiger charge is -2.19. The molecule has 0 N–H and O–H groups in total. The zero-order valence-electron chi connectivity index (χ0n) is 22.5. The highest BCUT2D eigenvalue weighted by Gasteiger charge is 2.42. The minimum absolute atomic E-state index is 0.146. The first-order valence-electron chi connectivity index (χ1n) is 13.4. The molecule has 9 nitrogen and oxygen atoms in total. The van der Waals surface area contributed by atoms with Crippen LogP contribution in [0.25, 0.3) is 5.65 Å². The van der Waals surface area contributed by atoms with Gasteiger partial charge in [0.05, 0.1) is 11.1 Å². The van der Waals surface area contributed by atoms with Gasteiger partial charge in [-0.1, -0.05) is 65.3 Å². The second-order valence-electron chi connectivity index (χ2n) is 9.71. The van der Waals surface area contributed by atoms with E-state index in [1.54, 1.807) is 72.7 Å². The average Bonchev–Trinajstić information content (AvgIpc) is 3.64. The Kier molecular flexibility index (Phi) is 8.90. The van der Waals surface area contributed by atoms with E-state index in [4.69, 9.17) is 37.4 Å². The van der Waals surface area contributed by atoms with Crippen LogP contribution in [-0.2, 0) is 20.0 Å². The number of carbonyl (C=O) groups excluding carboxylic acids is 2. The van der Waals surface area contributed by atoms with E-state index in [9.17, 15) is 9.59 Å². The largest absolute Gasteiger partial charge is 0.459 e. The summed E-state index contributed by atoms with van der Waals surface area (Å²) in [6.45, 7) is -0.146. The molecule has 12 heteroatoms. The normalized spacial score (nSPS) is 18.0. The first-order valence-corrected chi connectivity index (χ1v) is 15.1. The number of benzene rings is 3. The van der Waals surface area contributed by atoms with Gasteiger partial charge in [-0.15, -0.1) is 10.2 Å². The van der Waals surface area contributed by atoms with Crippen LogP contribution >= 0.6 is 35.0 Å². The first-order chi connectivity index (χ1) is 20.9. The molecule has 218 valence electrons. The third-order valence-electron chi connectivity index (χ3n) is 6.82. The van der Waals surface area contributed by atoms with E-state index >= 15 is 0 Å². The highest BCUT2D eigenvalue weighted by molar-refractivity contribution is 7.98. The molecule has 1 saturated heterocycles. The topological polar surface area (TPSA) is 105 Å². The fourth-order valence-corrected chi connectivity index (χ4v) is 5.79. The zero-order valence-corrected chi connectivity index (χ0v) is 24.8. The first kappa shape index (κ1) is 29.1. The van der Waals surface area contributed by atoms with Crippen LogP contribution in [0.15, 0.2) is 96.3 Å². The van der Waals surface area contributed by atoms with Crippen molar-refractivity contribution in [1.82, 2.24) is 19.6 Å². The molecule has 2 aromatic heterocycles. The third-order valence-corrected chi connectivity index (χ3v) is 8.37. The Morgan fingerprint density at radius 1 is 0.907 bits per heavy atom. The van der Waals surface area contributed by atoms with Crippen molar-refractivity contribution in [3.8, 4) is 0 Å². The van der Waals surface area contributed by atoms with E-state index in [1.807, 2.05) is 22.6 Å². The molecule has 6 rings (SSSR count). The van der Waals surface area contributed by atoms with Crippen LogP contribution in [0.2, 0.25) is 10.0 Å². The van der Waals surface area contributed by atoms with Gasteiger partial charge in [0.1, 0.15) is 29.9 Å². The van der Waals surface area contributed by atoms with E-state index in [0.717, 1.165) is 16.3 Å². The summed E-state index contributed by atoms with van der Waals surface area (Å²) >= 11 is 13.5. The molecule has 0 radical (unpaired) electrons. The Bertz CT molecular complexity index is 1740. The van der Waals surface area contributed by atoms with Gasteiger partial charge in [0.2, 0.25) is 0 Å². The minimum atomic E-state index is -0.751. The zero-order chi connectivity index (χ0) is 29.8. The number of esters is 2. The van der Waals surface area contributed by atoms with Gasteiger partial charge in [0.25, 0.3) is 0 Å². The number of rotatable bonds is 9. The molecule has 1 aliphatic heterocycles. The SMILES string of the molecule is O=C(OC[C@H]1O[C@@H](c2nnc3c(SCc4ccccc4)nccn23)CC1OC(=O)c1ccc(Cl)cc1)c1ccc(Cl)cc1. The van der Waals surface area contributed by atoms with Crippen LogP contribution in [0.4, 0.5) is 0 Å². The summed E-state index contributed by atoms with van der Waals surface area (Å²) in [6, 6.07) is 22.8. The van der Waals surface area contributed by atoms with Crippen LogP contribution in [0.3, 0.4) is 0 Å². The van der Waals surface area contributed by atoms with Crippen molar-refractivity contribution in [1.29, 1.82) is 0 Å².